The van der Waals surface area contributed by atoms with Crippen molar-refractivity contribution in [3.05, 3.63) is 23.8 Å². The van der Waals surface area contributed by atoms with Gasteiger partial charge in [0.1, 0.15) is 18.6 Å². The minimum absolute atomic E-state index is 0.329. The molecule has 0 radical (unpaired) electrons. The SMILES string of the molecule is CC1(C)Oc2cc(C=O)ccc2N(CC(=O)O)C1=O. The molecule has 0 atom stereocenters. The van der Waals surface area contributed by atoms with Crippen molar-refractivity contribution >= 4 is 23.9 Å². The first-order chi connectivity index (χ1) is 8.85. The lowest BCUT2D eigenvalue weighted by molar-refractivity contribution is -0.139. The van der Waals surface area contributed by atoms with Gasteiger partial charge in [-0.3, -0.25) is 19.3 Å². The molecule has 0 saturated carbocycles. The van der Waals surface area contributed by atoms with Crippen molar-refractivity contribution in [2.75, 3.05) is 11.4 Å². The number of anilines is 1. The van der Waals surface area contributed by atoms with Gasteiger partial charge in [0.25, 0.3) is 5.91 Å². The Morgan fingerprint density at radius 3 is 2.74 bits per heavy atom. The van der Waals surface area contributed by atoms with Crippen molar-refractivity contribution in [2.24, 2.45) is 0 Å². The molecule has 1 aliphatic heterocycles. The summed E-state index contributed by atoms with van der Waals surface area (Å²) in [7, 11) is 0. The average Bonchev–Trinajstić information content (AvgIpc) is 2.33. The van der Waals surface area contributed by atoms with Gasteiger partial charge in [-0.1, -0.05) is 0 Å². The molecule has 1 N–H and O–H groups in total. The van der Waals surface area contributed by atoms with Gasteiger partial charge in [-0.2, -0.15) is 0 Å². The summed E-state index contributed by atoms with van der Waals surface area (Å²) >= 11 is 0. The molecule has 0 saturated heterocycles. The Kier molecular flexibility index (Phi) is 3.01. The highest BCUT2D eigenvalue weighted by atomic mass is 16.5. The highest BCUT2D eigenvalue weighted by molar-refractivity contribution is 6.05. The molecule has 19 heavy (non-hydrogen) atoms. The smallest absolute Gasteiger partial charge is 0.323 e. The van der Waals surface area contributed by atoms with Crippen LogP contribution in [-0.2, 0) is 9.59 Å². The highest BCUT2D eigenvalue weighted by Gasteiger charge is 2.41. The number of rotatable bonds is 3. The normalized spacial score (nSPS) is 16.5. The van der Waals surface area contributed by atoms with E-state index in [0.29, 0.717) is 23.3 Å². The van der Waals surface area contributed by atoms with Crippen molar-refractivity contribution in [1.82, 2.24) is 0 Å². The van der Waals surface area contributed by atoms with Crippen molar-refractivity contribution in [3.63, 3.8) is 0 Å². The molecule has 6 nitrogen and oxygen atoms in total. The maximum atomic E-state index is 12.2. The summed E-state index contributed by atoms with van der Waals surface area (Å²) in [5, 5.41) is 8.89. The third-order valence-corrected chi connectivity index (χ3v) is 2.83. The minimum Gasteiger partial charge on any atom is -0.480 e. The zero-order valence-corrected chi connectivity index (χ0v) is 10.5. The summed E-state index contributed by atoms with van der Waals surface area (Å²) in [6.45, 7) is 2.67. The number of nitrogens with zero attached hydrogens (tertiary/aromatic N) is 1. The van der Waals surface area contributed by atoms with Crippen LogP contribution in [0, 0.1) is 0 Å². The number of carboxylic acids is 1. The van der Waals surface area contributed by atoms with E-state index in [0.717, 1.165) is 4.90 Å². The highest BCUT2D eigenvalue weighted by Crippen LogP contribution is 2.37. The van der Waals surface area contributed by atoms with Crippen molar-refractivity contribution in [2.45, 2.75) is 19.4 Å². The van der Waals surface area contributed by atoms with Crippen LogP contribution in [0.2, 0.25) is 0 Å². The zero-order chi connectivity index (χ0) is 14.2. The van der Waals surface area contributed by atoms with Crippen LogP contribution in [0.4, 0.5) is 5.69 Å². The summed E-state index contributed by atoms with van der Waals surface area (Å²) in [5.41, 5.74) is -0.402. The van der Waals surface area contributed by atoms with Gasteiger partial charge in [-0.05, 0) is 32.0 Å². The number of amides is 1. The molecule has 100 valence electrons. The number of carboxylic acid groups (broad SMARTS) is 1. The van der Waals surface area contributed by atoms with Gasteiger partial charge in [0.15, 0.2) is 5.60 Å². The van der Waals surface area contributed by atoms with E-state index in [2.05, 4.69) is 0 Å². The monoisotopic (exact) mass is 263 g/mol. The van der Waals surface area contributed by atoms with Gasteiger partial charge in [-0.25, -0.2) is 0 Å². The molecule has 0 aromatic heterocycles. The number of fused-ring (bicyclic) bond motifs is 1. The van der Waals surface area contributed by atoms with Crippen molar-refractivity contribution in [1.29, 1.82) is 0 Å². The Morgan fingerprint density at radius 1 is 1.47 bits per heavy atom. The maximum absolute atomic E-state index is 12.2. The van der Waals surface area contributed by atoms with Crippen LogP contribution < -0.4 is 9.64 Å². The zero-order valence-electron chi connectivity index (χ0n) is 10.5. The molecule has 6 heteroatoms. The summed E-state index contributed by atoms with van der Waals surface area (Å²) in [4.78, 5) is 34.9. The fraction of sp³-hybridized carbons (Fsp3) is 0.308. The fourth-order valence-electron chi connectivity index (χ4n) is 1.95. The Labute approximate surface area is 109 Å². The summed E-state index contributed by atoms with van der Waals surface area (Å²) in [6.07, 6.45) is 0.661. The lowest BCUT2D eigenvalue weighted by Gasteiger charge is -2.38. The molecule has 1 aromatic carbocycles. The van der Waals surface area contributed by atoms with Crippen LogP contribution >= 0.6 is 0 Å². The molecule has 1 aromatic rings. The molecule has 2 rings (SSSR count). The third kappa shape index (κ3) is 2.29. The number of benzene rings is 1. The van der Waals surface area contributed by atoms with E-state index in [1.807, 2.05) is 0 Å². The number of ether oxygens (including phenoxy) is 1. The maximum Gasteiger partial charge on any atom is 0.323 e. The van der Waals surface area contributed by atoms with Crippen LogP contribution in [0.1, 0.15) is 24.2 Å². The molecule has 0 unspecified atom stereocenters. The molecule has 1 amide bonds. The number of hydrogen-bond acceptors (Lipinski definition) is 4. The Bertz CT molecular complexity index is 564. The van der Waals surface area contributed by atoms with Crippen LogP contribution in [0.3, 0.4) is 0 Å². The van der Waals surface area contributed by atoms with E-state index in [4.69, 9.17) is 9.84 Å². The molecule has 0 bridgehead atoms. The first-order valence-electron chi connectivity index (χ1n) is 5.67. The van der Waals surface area contributed by atoms with Crippen molar-refractivity contribution in [3.8, 4) is 5.75 Å². The molecule has 0 spiro atoms. The molecule has 1 aliphatic rings. The first-order valence-corrected chi connectivity index (χ1v) is 5.67. The van der Waals surface area contributed by atoms with E-state index < -0.39 is 24.0 Å². The summed E-state index contributed by atoms with van der Waals surface area (Å²) < 4.78 is 5.54. The predicted molar refractivity (Wildman–Crippen MR) is 66.5 cm³/mol. The summed E-state index contributed by atoms with van der Waals surface area (Å²) in [5.74, 6) is -1.21. The Balaban J connectivity index is 2.53. The van der Waals surface area contributed by atoms with E-state index >= 15 is 0 Å². The molecule has 1 heterocycles. The van der Waals surface area contributed by atoms with Gasteiger partial charge >= 0.3 is 5.97 Å². The quantitative estimate of drug-likeness (QED) is 0.825. The standard InChI is InChI=1S/C13H13NO5/c1-13(2)12(18)14(6-11(16)17)9-4-3-8(7-15)5-10(9)19-13/h3-5,7H,6H2,1-2H3,(H,16,17). The first kappa shape index (κ1) is 13.1. The van der Waals surface area contributed by atoms with Crippen molar-refractivity contribution < 1.29 is 24.2 Å². The second-order valence-electron chi connectivity index (χ2n) is 4.74. The Hall–Kier alpha value is -2.37. The van der Waals surface area contributed by atoms with E-state index in [1.165, 1.54) is 18.2 Å². The van der Waals surface area contributed by atoms with Crippen LogP contribution in [-0.4, -0.2) is 35.4 Å². The number of aldehydes is 1. The van der Waals surface area contributed by atoms with Gasteiger partial charge in [0.05, 0.1) is 5.69 Å². The fourth-order valence-corrected chi connectivity index (χ4v) is 1.95. The number of carbonyl (C=O) groups excluding carboxylic acids is 2. The molecular weight excluding hydrogens is 250 g/mol. The average molecular weight is 263 g/mol. The lowest BCUT2D eigenvalue weighted by Crippen LogP contribution is -2.53. The molecule has 0 aliphatic carbocycles. The second-order valence-corrected chi connectivity index (χ2v) is 4.74. The van der Waals surface area contributed by atoms with Crippen LogP contribution in [0.15, 0.2) is 18.2 Å². The van der Waals surface area contributed by atoms with Gasteiger partial charge < -0.3 is 9.84 Å². The van der Waals surface area contributed by atoms with Crippen LogP contribution in [0.25, 0.3) is 0 Å². The van der Waals surface area contributed by atoms with Crippen LogP contribution in [0.5, 0.6) is 5.75 Å². The third-order valence-electron chi connectivity index (χ3n) is 2.83. The molecule has 0 fully saturated rings. The number of aliphatic carboxylic acids is 1. The number of hydrogen-bond donors (Lipinski definition) is 1. The lowest BCUT2D eigenvalue weighted by atomic mass is 10.0. The van der Waals surface area contributed by atoms with E-state index in [-0.39, 0.29) is 0 Å². The van der Waals surface area contributed by atoms with Gasteiger partial charge in [-0.15, -0.1) is 0 Å². The number of carbonyl (C=O) groups is 3. The second kappa shape index (κ2) is 4.38. The largest absolute Gasteiger partial charge is 0.480 e. The van der Waals surface area contributed by atoms with Gasteiger partial charge in [0, 0.05) is 5.56 Å². The Morgan fingerprint density at radius 2 is 2.16 bits per heavy atom. The van der Waals surface area contributed by atoms with Gasteiger partial charge in [0.2, 0.25) is 0 Å². The predicted octanol–water partition coefficient (Wildman–Crippen LogP) is 1.09. The molecular formula is C13H13NO5. The summed E-state index contributed by atoms with van der Waals surface area (Å²) in [6, 6.07) is 4.51. The minimum atomic E-state index is -1.16. The van der Waals surface area contributed by atoms with E-state index in [9.17, 15) is 14.4 Å². The topological polar surface area (TPSA) is 83.9 Å². The van der Waals surface area contributed by atoms with E-state index in [1.54, 1.807) is 13.8 Å².